The highest BCUT2D eigenvalue weighted by atomic mass is 14.9. The van der Waals surface area contributed by atoms with Gasteiger partial charge in [-0.2, -0.15) is 0 Å². The van der Waals surface area contributed by atoms with Crippen LogP contribution in [0.4, 0.5) is 0 Å². The van der Waals surface area contributed by atoms with E-state index in [1.54, 1.807) is 0 Å². The van der Waals surface area contributed by atoms with Gasteiger partial charge in [0.15, 0.2) is 0 Å². The summed E-state index contributed by atoms with van der Waals surface area (Å²) < 4.78 is 0. The standard InChI is InChI=1S/C16H34N2/c1-15(2,12-17)10-11-18-13-16(3,4)14-8-6-5-7-9-14/h14,18H,5-13,17H2,1-4H3. The van der Waals surface area contributed by atoms with Crippen LogP contribution in [0.25, 0.3) is 0 Å². The van der Waals surface area contributed by atoms with Crippen LogP contribution in [-0.2, 0) is 0 Å². The molecule has 0 aromatic carbocycles. The molecule has 2 nitrogen and oxygen atoms in total. The van der Waals surface area contributed by atoms with Crippen LogP contribution in [0.15, 0.2) is 0 Å². The normalized spacial score (nSPS) is 19.2. The molecule has 108 valence electrons. The van der Waals surface area contributed by atoms with Crippen molar-refractivity contribution >= 4 is 0 Å². The minimum Gasteiger partial charge on any atom is -0.330 e. The molecule has 0 radical (unpaired) electrons. The van der Waals surface area contributed by atoms with Crippen molar-refractivity contribution in [2.45, 2.75) is 66.2 Å². The Hall–Kier alpha value is -0.0800. The largest absolute Gasteiger partial charge is 0.330 e. The molecule has 0 unspecified atom stereocenters. The molecule has 0 bridgehead atoms. The summed E-state index contributed by atoms with van der Waals surface area (Å²) in [6, 6.07) is 0. The minimum absolute atomic E-state index is 0.280. The van der Waals surface area contributed by atoms with Gasteiger partial charge < -0.3 is 11.1 Å². The molecule has 3 N–H and O–H groups in total. The smallest absolute Gasteiger partial charge is 0.000517 e. The van der Waals surface area contributed by atoms with Crippen molar-refractivity contribution in [3.63, 3.8) is 0 Å². The molecule has 0 heterocycles. The molecular formula is C16H34N2. The zero-order valence-corrected chi connectivity index (χ0v) is 13.0. The highest BCUT2D eigenvalue weighted by Crippen LogP contribution is 2.37. The zero-order valence-electron chi connectivity index (χ0n) is 13.0. The molecule has 2 heteroatoms. The topological polar surface area (TPSA) is 38.0 Å². The van der Waals surface area contributed by atoms with Crippen molar-refractivity contribution in [1.82, 2.24) is 5.32 Å². The van der Waals surface area contributed by atoms with Crippen molar-refractivity contribution in [1.29, 1.82) is 0 Å². The summed E-state index contributed by atoms with van der Waals surface area (Å²) in [5.41, 5.74) is 6.49. The lowest BCUT2D eigenvalue weighted by atomic mass is 9.71. The minimum atomic E-state index is 0.280. The second kappa shape index (κ2) is 6.91. The zero-order chi connectivity index (χ0) is 13.6. The summed E-state index contributed by atoms with van der Waals surface area (Å²) in [6.45, 7) is 12.4. The summed E-state index contributed by atoms with van der Waals surface area (Å²) in [5.74, 6) is 0.918. The predicted molar refractivity (Wildman–Crippen MR) is 80.7 cm³/mol. The third-order valence-corrected chi connectivity index (χ3v) is 4.82. The van der Waals surface area contributed by atoms with Crippen LogP contribution in [0, 0.1) is 16.7 Å². The molecule has 1 aliphatic carbocycles. The Labute approximate surface area is 114 Å². The molecule has 0 atom stereocenters. The first-order valence-electron chi connectivity index (χ1n) is 7.78. The van der Waals surface area contributed by atoms with E-state index in [4.69, 9.17) is 5.73 Å². The van der Waals surface area contributed by atoms with Crippen LogP contribution in [0.3, 0.4) is 0 Å². The monoisotopic (exact) mass is 254 g/mol. The average Bonchev–Trinajstić information content (AvgIpc) is 2.36. The van der Waals surface area contributed by atoms with E-state index in [0.29, 0.717) is 5.41 Å². The number of hydrogen-bond acceptors (Lipinski definition) is 2. The molecule has 0 aliphatic heterocycles. The summed E-state index contributed by atoms with van der Waals surface area (Å²) >= 11 is 0. The lowest BCUT2D eigenvalue weighted by molar-refractivity contribution is 0.152. The van der Waals surface area contributed by atoms with Crippen LogP contribution in [-0.4, -0.2) is 19.6 Å². The molecule has 1 rings (SSSR count). The second-order valence-corrected chi connectivity index (χ2v) is 7.62. The Morgan fingerprint density at radius 1 is 1.06 bits per heavy atom. The van der Waals surface area contributed by atoms with E-state index in [-0.39, 0.29) is 5.41 Å². The summed E-state index contributed by atoms with van der Waals surface area (Å²) in [5, 5.41) is 3.66. The number of nitrogens with two attached hydrogens (primary N) is 1. The van der Waals surface area contributed by atoms with E-state index in [1.807, 2.05) is 0 Å². The van der Waals surface area contributed by atoms with Gasteiger partial charge in [-0.25, -0.2) is 0 Å². The molecular weight excluding hydrogens is 220 g/mol. The highest BCUT2D eigenvalue weighted by molar-refractivity contribution is 4.83. The molecule has 0 spiro atoms. The Bertz CT molecular complexity index is 227. The Balaban J connectivity index is 2.24. The van der Waals surface area contributed by atoms with E-state index in [9.17, 15) is 0 Å². The van der Waals surface area contributed by atoms with Gasteiger partial charge in [0.2, 0.25) is 0 Å². The maximum atomic E-state index is 5.76. The highest BCUT2D eigenvalue weighted by Gasteiger charge is 2.30. The molecule has 0 saturated heterocycles. The van der Waals surface area contributed by atoms with Crippen LogP contribution >= 0.6 is 0 Å². The van der Waals surface area contributed by atoms with Crippen molar-refractivity contribution in [2.24, 2.45) is 22.5 Å². The van der Waals surface area contributed by atoms with E-state index in [0.717, 1.165) is 25.6 Å². The van der Waals surface area contributed by atoms with Gasteiger partial charge in [-0.1, -0.05) is 47.0 Å². The van der Waals surface area contributed by atoms with Crippen molar-refractivity contribution < 1.29 is 0 Å². The first-order valence-corrected chi connectivity index (χ1v) is 7.78. The second-order valence-electron chi connectivity index (χ2n) is 7.62. The molecule has 0 aromatic rings. The van der Waals surface area contributed by atoms with Gasteiger partial charge in [0.25, 0.3) is 0 Å². The van der Waals surface area contributed by atoms with Crippen LogP contribution in [0.1, 0.15) is 66.2 Å². The third-order valence-electron chi connectivity index (χ3n) is 4.82. The van der Waals surface area contributed by atoms with Crippen molar-refractivity contribution in [2.75, 3.05) is 19.6 Å². The molecule has 0 amide bonds. The van der Waals surface area contributed by atoms with Gasteiger partial charge in [0.05, 0.1) is 0 Å². The summed E-state index contributed by atoms with van der Waals surface area (Å²) in [7, 11) is 0. The predicted octanol–water partition coefficient (Wildman–Crippen LogP) is 3.56. The number of rotatable bonds is 7. The van der Waals surface area contributed by atoms with E-state index in [1.165, 1.54) is 38.5 Å². The molecule has 0 aromatic heterocycles. The van der Waals surface area contributed by atoms with Crippen molar-refractivity contribution in [3.05, 3.63) is 0 Å². The first kappa shape index (κ1) is 16.0. The van der Waals surface area contributed by atoms with Gasteiger partial charge in [-0.3, -0.25) is 0 Å². The van der Waals surface area contributed by atoms with Gasteiger partial charge in [-0.15, -0.1) is 0 Å². The first-order chi connectivity index (χ1) is 8.37. The molecule has 1 fully saturated rings. The van der Waals surface area contributed by atoms with Crippen LogP contribution < -0.4 is 11.1 Å². The Morgan fingerprint density at radius 2 is 1.67 bits per heavy atom. The third kappa shape index (κ3) is 5.27. The molecule has 18 heavy (non-hydrogen) atoms. The van der Waals surface area contributed by atoms with Gasteiger partial charge in [0, 0.05) is 6.54 Å². The Kier molecular flexibility index (Phi) is 6.13. The Morgan fingerprint density at radius 3 is 2.22 bits per heavy atom. The van der Waals surface area contributed by atoms with Crippen LogP contribution in [0.2, 0.25) is 0 Å². The van der Waals surface area contributed by atoms with Gasteiger partial charge in [-0.05, 0) is 49.1 Å². The van der Waals surface area contributed by atoms with Crippen molar-refractivity contribution in [3.8, 4) is 0 Å². The molecule has 1 saturated carbocycles. The lowest BCUT2D eigenvalue weighted by Crippen LogP contribution is -2.38. The summed E-state index contributed by atoms with van der Waals surface area (Å²) in [4.78, 5) is 0. The fourth-order valence-corrected chi connectivity index (χ4v) is 2.97. The van der Waals surface area contributed by atoms with Gasteiger partial charge in [0.1, 0.15) is 0 Å². The average molecular weight is 254 g/mol. The van der Waals surface area contributed by atoms with Gasteiger partial charge >= 0.3 is 0 Å². The maximum Gasteiger partial charge on any atom is 0.000517 e. The lowest BCUT2D eigenvalue weighted by Gasteiger charge is -2.37. The maximum absolute atomic E-state index is 5.76. The fourth-order valence-electron chi connectivity index (χ4n) is 2.97. The number of hydrogen-bond donors (Lipinski definition) is 2. The molecule has 1 aliphatic rings. The SMILES string of the molecule is CC(C)(CN)CCNCC(C)(C)C1CCCCC1. The fraction of sp³-hybridized carbons (Fsp3) is 1.00. The van der Waals surface area contributed by atoms with E-state index >= 15 is 0 Å². The summed E-state index contributed by atoms with van der Waals surface area (Å²) in [6.07, 6.45) is 8.36. The van der Waals surface area contributed by atoms with E-state index < -0.39 is 0 Å². The van der Waals surface area contributed by atoms with E-state index in [2.05, 4.69) is 33.0 Å². The van der Waals surface area contributed by atoms with Crippen LogP contribution in [0.5, 0.6) is 0 Å². The quantitative estimate of drug-likeness (QED) is 0.682. The number of nitrogens with one attached hydrogen (secondary N) is 1.